The van der Waals surface area contributed by atoms with Gasteiger partial charge in [0.15, 0.2) is 0 Å². The third-order valence-corrected chi connectivity index (χ3v) is 0.167. The molecule has 0 unspecified atom stereocenters. The molecule has 0 saturated heterocycles. The van der Waals surface area contributed by atoms with Crippen molar-refractivity contribution in [3.05, 3.63) is 0 Å². The molecule has 4 N–H and O–H groups in total. The van der Waals surface area contributed by atoms with E-state index in [0.717, 1.165) is 20.8 Å². The molecule has 0 aromatic carbocycles. The van der Waals surface area contributed by atoms with Gasteiger partial charge in [0.05, 0.1) is 0 Å². The number of aliphatic carboxylic acids is 3. The second kappa shape index (κ2) is 29.4. The van der Waals surface area contributed by atoms with E-state index in [2.05, 4.69) is 0 Å². The first kappa shape index (κ1) is 29.7. The normalized spacial score (nSPS) is 6.18. The van der Waals surface area contributed by atoms with Crippen LogP contribution in [0.1, 0.15) is 20.8 Å². The summed E-state index contributed by atoms with van der Waals surface area (Å²) in [4.78, 5) is 26.7. The zero-order valence-corrected chi connectivity index (χ0v) is 11.0. The van der Waals surface area contributed by atoms with Gasteiger partial charge in [0.2, 0.25) is 0 Å². The van der Waals surface area contributed by atoms with Crippen molar-refractivity contribution < 1.29 is 46.8 Å². The first-order valence-electron chi connectivity index (χ1n) is 4.04. The zero-order chi connectivity index (χ0) is 14.1. The van der Waals surface area contributed by atoms with Gasteiger partial charge in [-0.1, -0.05) is 0 Å². The van der Waals surface area contributed by atoms with Crippen molar-refractivity contribution in [2.75, 3.05) is 13.1 Å². The van der Waals surface area contributed by atoms with E-state index in [-0.39, 0.29) is 17.1 Å². The molecule has 0 aromatic rings. The minimum absolute atomic E-state index is 0. The molecule has 0 saturated carbocycles. The first-order valence-corrected chi connectivity index (χ1v) is 4.04. The van der Waals surface area contributed by atoms with E-state index >= 15 is 0 Å². The van der Waals surface area contributed by atoms with Crippen LogP contribution in [0.15, 0.2) is 0 Å². The Balaban J connectivity index is -0.0000000369. The average molecular weight is 293 g/mol. The summed E-state index contributed by atoms with van der Waals surface area (Å²) < 4.78 is 0. The maximum atomic E-state index is 8.89. The molecule has 0 heterocycles. The summed E-state index contributed by atoms with van der Waals surface area (Å²) in [7, 11) is 0. The fourth-order valence-corrected chi connectivity index (χ4v) is 0. The standard InChI is InChI=1S/C2H8N2.3C2H4O2.Fe/c3-1-2-4;3*1-2(3)4;/h1-4H2;3*1H3,(H,3,4);/q;;;;+3/p-3. The summed E-state index contributed by atoms with van der Waals surface area (Å²) in [6.45, 7) is 4.11. The molecule has 8 nitrogen and oxygen atoms in total. The molecule has 0 spiro atoms. The molecule has 0 aliphatic heterocycles. The largest absolute Gasteiger partial charge is 3.00 e. The Morgan fingerprint density at radius 2 is 0.824 bits per heavy atom. The fourth-order valence-electron chi connectivity index (χ4n) is 0. The molecule has 0 rings (SSSR count). The van der Waals surface area contributed by atoms with Gasteiger partial charge in [-0.15, -0.1) is 0 Å². The van der Waals surface area contributed by atoms with Gasteiger partial charge in [0, 0.05) is 31.0 Å². The smallest absolute Gasteiger partial charge is 0.550 e. The Morgan fingerprint density at radius 3 is 0.824 bits per heavy atom. The van der Waals surface area contributed by atoms with Gasteiger partial charge in [-0.05, 0) is 20.8 Å². The van der Waals surface area contributed by atoms with Gasteiger partial charge in [0.1, 0.15) is 0 Å². The summed E-state index contributed by atoms with van der Waals surface area (Å²) in [6.07, 6.45) is 0. The van der Waals surface area contributed by atoms with E-state index in [1.165, 1.54) is 0 Å². The number of carbonyl (C=O) groups is 3. The molecule has 0 aliphatic carbocycles. The van der Waals surface area contributed by atoms with Crippen molar-refractivity contribution in [3.8, 4) is 0 Å². The number of rotatable bonds is 1. The second-order valence-electron chi connectivity index (χ2n) is 2.05. The van der Waals surface area contributed by atoms with E-state index in [4.69, 9.17) is 41.2 Å². The molecule has 17 heavy (non-hydrogen) atoms. The number of carboxylic acid groups (broad SMARTS) is 3. The number of hydrogen-bond donors (Lipinski definition) is 2. The number of carboxylic acids is 3. The topological polar surface area (TPSA) is 172 Å². The molecule has 0 amide bonds. The van der Waals surface area contributed by atoms with Crippen molar-refractivity contribution in [1.82, 2.24) is 0 Å². The van der Waals surface area contributed by atoms with Crippen LogP contribution in [0.2, 0.25) is 0 Å². The van der Waals surface area contributed by atoms with Crippen molar-refractivity contribution >= 4 is 17.9 Å². The Bertz CT molecular complexity index is 146. The number of carbonyl (C=O) groups excluding carboxylic acids is 3. The van der Waals surface area contributed by atoms with Gasteiger partial charge < -0.3 is 41.2 Å². The minimum atomic E-state index is -1.08. The predicted octanol–water partition coefficient (Wildman–Crippen LogP) is -4.83. The Hall–Kier alpha value is -1.15. The molecule has 0 aliphatic rings. The third-order valence-electron chi connectivity index (χ3n) is 0.167. The van der Waals surface area contributed by atoms with Crippen LogP contribution in [0.3, 0.4) is 0 Å². The summed E-state index contributed by atoms with van der Waals surface area (Å²) in [5.41, 5.74) is 9.81. The Kier molecular flexibility index (Phi) is 51.3. The second-order valence-corrected chi connectivity index (χ2v) is 2.05. The van der Waals surface area contributed by atoms with E-state index in [9.17, 15) is 0 Å². The first-order chi connectivity index (χ1) is 7.11. The van der Waals surface area contributed by atoms with Crippen LogP contribution in [0.4, 0.5) is 0 Å². The van der Waals surface area contributed by atoms with E-state index < -0.39 is 17.9 Å². The Labute approximate surface area is 110 Å². The van der Waals surface area contributed by atoms with E-state index in [1.54, 1.807) is 0 Å². The monoisotopic (exact) mass is 293 g/mol. The van der Waals surface area contributed by atoms with Crippen LogP contribution >= 0.6 is 0 Å². The van der Waals surface area contributed by atoms with Crippen LogP contribution < -0.4 is 26.8 Å². The minimum Gasteiger partial charge on any atom is -0.550 e. The summed E-state index contributed by atoms with van der Waals surface area (Å²) >= 11 is 0. The summed E-state index contributed by atoms with van der Waals surface area (Å²) in [5.74, 6) is -3.25. The summed E-state index contributed by atoms with van der Waals surface area (Å²) in [6, 6.07) is 0. The summed E-state index contributed by atoms with van der Waals surface area (Å²) in [5, 5.41) is 26.7. The van der Waals surface area contributed by atoms with Crippen LogP contribution in [0, 0.1) is 0 Å². The van der Waals surface area contributed by atoms with Gasteiger partial charge in [-0.25, -0.2) is 0 Å². The van der Waals surface area contributed by atoms with Crippen LogP contribution in [-0.4, -0.2) is 31.0 Å². The van der Waals surface area contributed by atoms with Gasteiger partial charge >= 0.3 is 17.1 Å². The van der Waals surface area contributed by atoms with Gasteiger partial charge in [-0.3, -0.25) is 0 Å². The predicted molar refractivity (Wildman–Crippen MR) is 50.2 cm³/mol. The van der Waals surface area contributed by atoms with E-state index in [1.807, 2.05) is 0 Å². The SMILES string of the molecule is CC(=O)[O-].CC(=O)[O-].CC(=O)[O-].NCCN.[Fe+3]. The zero-order valence-electron chi connectivity index (χ0n) is 9.87. The van der Waals surface area contributed by atoms with Gasteiger partial charge in [0.25, 0.3) is 0 Å². The van der Waals surface area contributed by atoms with Crippen LogP contribution in [0.25, 0.3) is 0 Å². The van der Waals surface area contributed by atoms with E-state index in [0.29, 0.717) is 13.1 Å². The molecule has 103 valence electrons. The number of nitrogens with two attached hydrogens (primary N) is 2. The Morgan fingerprint density at radius 1 is 0.765 bits per heavy atom. The van der Waals surface area contributed by atoms with Crippen molar-refractivity contribution in [2.45, 2.75) is 20.8 Å². The average Bonchev–Trinajstić information content (AvgIpc) is 2.00. The molecular weight excluding hydrogens is 276 g/mol. The molecular formula is C8H17FeN2O6. The molecule has 0 atom stereocenters. The number of hydrogen-bond acceptors (Lipinski definition) is 8. The van der Waals surface area contributed by atoms with Gasteiger partial charge in [-0.2, -0.15) is 0 Å². The van der Waals surface area contributed by atoms with Crippen LogP contribution in [-0.2, 0) is 31.5 Å². The van der Waals surface area contributed by atoms with Crippen LogP contribution in [0.5, 0.6) is 0 Å². The van der Waals surface area contributed by atoms with Crippen molar-refractivity contribution in [1.29, 1.82) is 0 Å². The maximum absolute atomic E-state index is 8.89. The quantitative estimate of drug-likeness (QED) is 0.453. The molecule has 0 bridgehead atoms. The fraction of sp³-hybridized carbons (Fsp3) is 0.625. The molecule has 0 aromatic heterocycles. The maximum Gasteiger partial charge on any atom is 3.00 e. The molecule has 1 radical (unpaired) electrons. The van der Waals surface area contributed by atoms with Crippen molar-refractivity contribution in [2.24, 2.45) is 11.5 Å². The molecule has 0 fully saturated rings. The van der Waals surface area contributed by atoms with Crippen molar-refractivity contribution in [3.63, 3.8) is 0 Å². The molecule has 9 heteroatoms. The third kappa shape index (κ3) is 108000.